The molecule has 6 nitrogen and oxygen atoms in total. The van der Waals surface area contributed by atoms with Crippen molar-refractivity contribution in [2.45, 2.75) is 19.3 Å². The minimum absolute atomic E-state index is 0.0276. The predicted molar refractivity (Wildman–Crippen MR) is 129 cm³/mol. The number of para-hydroxylation sites is 1. The Morgan fingerprint density at radius 1 is 0.970 bits per heavy atom. The lowest BCUT2D eigenvalue weighted by Gasteiger charge is -2.39. The normalized spacial score (nSPS) is 19.1. The molecule has 0 spiro atoms. The summed E-state index contributed by atoms with van der Waals surface area (Å²) in [4.78, 5) is 24.2. The van der Waals surface area contributed by atoms with Crippen LogP contribution in [0.3, 0.4) is 0 Å². The van der Waals surface area contributed by atoms with Crippen LogP contribution in [0.25, 0.3) is 0 Å². The first-order valence-electron chi connectivity index (χ1n) is 11.6. The number of aromatic nitrogens is 2. The number of benzene rings is 2. The van der Waals surface area contributed by atoms with E-state index in [0.29, 0.717) is 38.4 Å². The highest BCUT2D eigenvalue weighted by molar-refractivity contribution is 7.09. The molecular weight excluding hydrogens is 437 g/mol. The van der Waals surface area contributed by atoms with Gasteiger partial charge in [0, 0.05) is 57.2 Å². The summed E-state index contributed by atoms with van der Waals surface area (Å²) >= 11 is 1.42. The molecule has 3 aromatic rings. The Morgan fingerprint density at radius 2 is 1.73 bits per heavy atom. The summed E-state index contributed by atoms with van der Waals surface area (Å²) in [5.74, 6) is 0.810. The summed E-state index contributed by atoms with van der Waals surface area (Å²) in [7, 11) is 0. The molecule has 2 aliphatic rings. The molecule has 2 saturated heterocycles. The van der Waals surface area contributed by atoms with Crippen molar-refractivity contribution in [1.82, 2.24) is 14.3 Å². The van der Waals surface area contributed by atoms with Gasteiger partial charge in [-0.25, -0.2) is 9.37 Å². The van der Waals surface area contributed by atoms with E-state index in [4.69, 9.17) is 4.98 Å². The van der Waals surface area contributed by atoms with E-state index in [-0.39, 0.29) is 17.6 Å². The van der Waals surface area contributed by atoms with E-state index in [1.165, 1.54) is 23.2 Å². The Labute approximate surface area is 197 Å². The van der Waals surface area contributed by atoms with E-state index in [2.05, 4.69) is 21.4 Å². The smallest absolute Gasteiger partial charge is 0.227 e. The van der Waals surface area contributed by atoms with Crippen LogP contribution in [-0.2, 0) is 11.2 Å². The lowest BCUT2D eigenvalue weighted by molar-refractivity contribution is -0.136. The highest BCUT2D eigenvalue weighted by Gasteiger charge is 2.32. The standard InChI is InChI=1S/C25H28FN5OS/c26-21-10-4-5-11-22(21)29-13-15-30(16-14-29)24(32)20-9-6-12-31(18-20)25-27-23(28-33-25)17-19-7-2-1-3-8-19/h1-5,7-8,10-11,20H,6,9,12-18H2. The van der Waals surface area contributed by atoms with Crippen molar-refractivity contribution in [2.75, 3.05) is 49.1 Å². The van der Waals surface area contributed by atoms with Gasteiger partial charge in [-0.2, -0.15) is 4.37 Å². The summed E-state index contributed by atoms with van der Waals surface area (Å²) in [5, 5.41) is 0.905. The zero-order valence-electron chi connectivity index (χ0n) is 18.6. The first-order chi connectivity index (χ1) is 16.2. The van der Waals surface area contributed by atoms with Crippen LogP contribution in [0.15, 0.2) is 54.6 Å². The van der Waals surface area contributed by atoms with Gasteiger partial charge < -0.3 is 14.7 Å². The van der Waals surface area contributed by atoms with Crippen LogP contribution in [0.4, 0.5) is 15.2 Å². The van der Waals surface area contributed by atoms with Crippen LogP contribution in [0.5, 0.6) is 0 Å². The molecule has 0 saturated carbocycles. The fraction of sp³-hybridized carbons (Fsp3) is 0.400. The topological polar surface area (TPSA) is 52.6 Å². The molecule has 3 heterocycles. The average molecular weight is 466 g/mol. The molecule has 33 heavy (non-hydrogen) atoms. The van der Waals surface area contributed by atoms with Gasteiger partial charge in [0.2, 0.25) is 11.0 Å². The molecule has 5 rings (SSSR count). The third-order valence-electron chi connectivity index (χ3n) is 6.49. The highest BCUT2D eigenvalue weighted by Crippen LogP contribution is 2.27. The third-order valence-corrected chi connectivity index (χ3v) is 7.30. The number of piperidine rings is 1. The molecular formula is C25H28FN5OS. The lowest BCUT2D eigenvalue weighted by atomic mass is 9.96. The molecule has 1 atom stereocenters. The lowest BCUT2D eigenvalue weighted by Crippen LogP contribution is -2.52. The van der Waals surface area contributed by atoms with Gasteiger partial charge in [0.1, 0.15) is 11.6 Å². The van der Waals surface area contributed by atoms with Crippen molar-refractivity contribution >= 4 is 28.3 Å². The van der Waals surface area contributed by atoms with Gasteiger partial charge in [-0.1, -0.05) is 42.5 Å². The molecule has 1 aromatic heterocycles. The summed E-state index contributed by atoms with van der Waals surface area (Å²) in [6, 6.07) is 17.1. The molecule has 0 radical (unpaired) electrons. The minimum Gasteiger partial charge on any atom is -0.366 e. The van der Waals surface area contributed by atoms with Crippen molar-refractivity contribution in [3.8, 4) is 0 Å². The minimum atomic E-state index is -0.205. The van der Waals surface area contributed by atoms with Gasteiger partial charge in [0.25, 0.3) is 0 Å². The van der Waals surface area contributed by atoms with E-state index in [1.807, 2.05) is 34.1 Å². The van der Waals surface area contributed by atoms with Crippen LogP contribution >= 0.6 is 11.5 Å². The second-order valence-electron chi connectivity index (χ2n) is 8.70. The average Bonchev–Trinajstić information content (AvgIpc) is 3.33. The van der Waals surface area contributed by atoms with Crippen LogP contribution in [-0.4, -0.2) is 59.4 Å². The largest absolute Gasteiger partial charge is 0.366 e. The number of halogens is 1. The van der Waals surface area contributed by atoms with Crippen LogP contribution in [0, 0.1) is 11.7 Å². The molecule has 1 amide bonds. The summed E-state index contributed by atoms with van der Waals surface area (Å²) < 4.78 is 18.7. The van der Waals surface area contributed by atoms with E-state index >= 15 is 0 Å². The summed E-state index contributed by atoms with van der Waals surface area (Å²) in [6.07, 6.45) is 2.59. The zero-order chi connectivity index (χ0) is 22.6. The van der Waals surface area contributed by atoms with Gasteiger partial charge in [-0.3, -0.25) is 4.79 Å². The quantitative estimate of drug-likeness (QED) is 0.573. The van der Waals surface area contributed by atoms with E-state index in [9.17, 15) is 9.18 Å². The number of hydrogen-bond donors (Lipinski definition) is 0. The second kappa shape index (κ2) is 9.87. The maximum Gasteiger partial charge on any atom is 0.227 e. The van der Waals surface area contributed by atoms with Crippen molar-refractivity contribution < 1.29 is 9.18 Å². The molecule has 172 valence electrons. The maximum atomic E-state index is 14.1. The van der Waals surface area contributed by atoms with Crippen LogP contribution < -0.4 is 9.80 Å². The number of anilines is 2. The molecule has 8 heteroatoms. The molecule has 0 aliphatic carbocycles. The van der Waals surface area contributed by atoms with Crippen LogP contribution in [0.2, 0.25) is 0 Å². The SMILES string of the molecule is O=C(C1CCCN(c2nc(Cc3ccccc3)ns2)C1)N1CCN(c2ccccc2F)CC1. The monoisotopic (exact) mass is 465 g/mol. The number of piperazine rings is 1. The number of hydrogen-bond acceptors (Lipinski definition) is 6. The molecule has 0 N–H and O–H groups in total. The predicted octanol–water partition coefficient (Wildman–Crippen LogP) is 3.83. The number of carbonyl (C=O) groups is 1. The molecule has 2 aromatic carbocycles. The Morgan fingerprint density at radius 3 is 2.52 bits per heavy atom. The number of rotatable bonds is 5. The first kappa shape index (κ1) is 21.8. The first-order valence-corrected chi connectivity index (χ1v) is 12.3. The second-order valence-corrected chi connectivity index (χ2v) is 9.43. The number of amides is 1. The van der Waals surface area contributed by atoms with E-state index in [1.54, 1.807) is 12.1 Å². The van der Waals surface area contributed by atoms with Crippen LogP contribution in [0.1, 0.15) is 24.2 Å². The van der Waals surface area contributed by atoms with Gasteiger partial charge >= 0.3 is 0 Å². The fourth-order valence-corrected chi connectivity index (χ4v) is 5.43. The van der Waals surface area contributed by atoms with Crippen molar-refractivity contribution in [2.24, 2.45) is 5.92 Å². The molecule has 0 bridgehead atoms. The van der Waals surface area contributed by atoms with Gasteiger partial charge in [-0.05, 0) is 30.5 Å². The van der Waals surface area contributed by atoms with E-state index in [0.717, 1.165) is 36.8 Å². The van der Waals surface area contributed by atoms with E-state index < -0.39 is 0 Å². The third kappa shape index (κ3) is 5.00. The molecule has 2 aliphatic heterocycles. The Balaban J connectivity index is 1.17. The summed E-state index contributed by atoms with van der Waals surface area (Å²) in [5.41, 5.74) is 1.82. The zero-order valence-corrected chi connectivity index (χ0v) is 19.4. The number of nitrogens with zero attached hydrogens (tertiary/aromatic N) is 5. The summed E-state index contributed by atoms with van der Waals surface area (Å²) in [6.45, 7) is 4.16. The Hall–Kier alpha value is -3.00. The Kier molecular flexibility index (Phi) is 6.53. The molecule has 1 unspecified atom stereocenters. The van der Waals surface area contributed by atoms with Gasteiger partial charge in [0.15, 0.2) is 0 Å². The maximum absolute atomic E-state index is 14.1. The highest BCUT2D eigenvalue weighted by atomic mass is 32.1. The molecule has 2 fully saturated rings. The Bertz CT molecular complexity index is 1080. The van der Waals surface area contributed by atoms with Crippen molar-refractivity contribution in [1.29, 1.82) is 0 Å². The fourth-order valence-electron chi connectivity index (χ4n) is 4.71. The number of carbonyl (C=O) groups excluding carboxylic acids is 1. The van der Waals surface area contributed by atoms with Crippen molar-refractivity contribution in [3.05, 3.63) is 71.8 Å². The van der Waals surface area contributed by atoms with Gasteiger partial charge in [0.05, 0.1) is 11.6 Å². The van der Waals surface area contributed by atoms with Gasteiger partial charge in [-0.15, -0.1) is 0 Å². The van der Waals surface area contributed by atoms with Crippen molar-refractivity contribution in [3.63, 3.8) is 0 Å².